The molecule has 0 aliphatic carbocycles. The largest absolute Gasteiger partial charge is 0.302 e. The van der Waals surface area contributed by atoms with Crippen LogP contribution in [0.4, 0.5) is 5.13 Å². The Hall–Kier alpha value is -2.24. The lowest BCUT2D eigenvalue weighted by Gasteiger charge is -2.25. The predicted molar refractivity (Wildman–Crippen MR) is 129 cm³/mol. The molecular weight excluding hydrogens is 390 g/mol. The van der Waals surface area contributed by atoms with Crippen LogP contribution >= 0.6 is 11.3 Å². The molecule has 4 nitrogen and oxygen atoms in total. The summed E-state index contributed by atoms with van der Waals surface area (Å²) >= 11 is 1.62. The number of aromatic nitrogens is 1. The number of carbonyl (C=O) groups excluding carboxylic acids is 1. The van der Waals surface area contributed by atoms with E-state index in [0.717, 1.165) is 46.1 Å². The molecule has 1 aromatic heterocycles. The summed E-state index contributed by atoms with van der Waals surface area (Å²) < 4.78 is 1.14. The first-order chi connectivity index (χ1) is 14.3. The minimum atomic E-state index is 0.115. The molecule has 0 unspecified atom stereocenters. The molecule has 0 N–H and O–H groups in total. The Labute approximate surface area is 184 Å². The maximum Gasteiger partial charge on any atom is 0.233 e. The molecule has 2 aromatic carbocycles. The molecule has 0 bridgehead atoms. The first-order valence-corrected chi connectivity index (χ1v) is 11.6. The molecule has 0 saturated carbocycles. The van der Waals surface area contributed by atoms with Crippen LogP contribution in [0.5, 0.6) is 0 Å². The van der Waals surface area contributed by atoms with Crippen molar-refractivity contribution in [3.05, 3.63) is 58.1 Å². The van der Waals surface area contributed by atoms with Gasteiger partial charge in [0.05, 0.1) is 16.6 Å². The quantitative estimate of drug-likeness (QED) is 0.483. The maximum absolute atomic E-state index is 13.5. The van der Waals surface area contributed by atoms with Crippen molar-refractivity contribution in [1.29, 1.82) is 0 Å². The second-order valence-corrected chi connectivity index (χ2v) is 9.04. The van der Waals surface area contributed by atoms with Gasteiger partial charge in [0.15, 0.2) is 5.13 Å². The zero-order valence-electron chi connectivity index (χ0n) is 19.1. The Morgan fingerprint density at radius 3 is 2.37 bits per heavy atom. The van der Waals surface area contributed by atoms with Gasteiger partial charge in [0.25, 0.3) is 0 Å². The van der Waals surface area contributed by atoms with Gasteiger partial charge in [-0.25, -0.2) is 4.98 Å². The van der Waals surface area contributed by atoms with E-state index in [2.05, 4.69) is 76.8 Å². The summed E-state index contributed by atoms with van der Waals surface area (Å²) in [4.78, 5) is 22.6. The third kappa shape index (κ3) is 4.90. The molecule has 5 heteroatoms. The summed E-state index contributed by atoms with van der Waals surface area (Å²) in [5.41, 5.74) is 6.89. The Kier molecular flexibility index (Phi) is 7.27. The van der Waals surface area contributed by atoms with Gasteiger partial charge in [0.2, 0.25) is 5.91 Å². The Balaban J connectivity index is 1.94. The Morgan fingerprint density at radius 1 is 0.967 bits per heavy atom. The normalized spacial score (nSPS) is 11.4. The number of amides is 1. The lowest BCUT2D eigenvalue weighted by molar-refractivity contribution is -0.118. The van der Waals surface area contributed by atoms with E-state index in [1.54, 1.807) is 11.3 Å². The van der Waals surface area contributed by atoms with Gasteiger partial charge in [-0.1, -0.05) is 55.0 Å². The Bertz CT molecular complexity index is 1040. The molecule has 1 amide bonds. The van der Waals surface area contributed by atoms with Crippen LogP contribution in [0.1, 0.15) is 41.7 Å². The van der Waals surface area contributed by atoms with Crippen molar-refractivity contribution < 1.29 is 4.79 Å². The summed E-state index contributed by atoms with van der Waals surface area (Å²) in [5, 5.41) is 0.807. The average Bonchev–Trinajstić information content (AvgIpc) is 3.15. The summed E-state index contributed by atoms with van der Waals surface area (Å²) in [6.07, 6.45) is 0.402. The van der Waals surface area contributed by atoms with Gasteiger partial charge >= 0.3 is 0 Å². The number of benzene rings is 2. The molecule has 0 radical (unpaired) electrons. The van der Waals surface area contributed by atoms with Crippen LogP contribution in [-0.4, -0.2) is 42.0 Å². The fourth-order valence-electron chi connectivity index (χ4n) is 3.69. The molecule has 3 rings (SSSR count). The second kappa shape index (κ2) is 9.71. The molecule has 1 heterocycles. The third-order valence-electron chi connectivity index (χ3n) is 5.99. The van der Waals surface area contributed by atoms with E-state index < -0.39 is 0 Å². The fraction of sp³-hybridized carbons (Fsp3) is 0.440. The highest BCUT2D eigenvalue weighted by molar-refractivity contribution is 7.22. The summed E-state index contributed by atoms with van der Waals surface area (Å²) in [7, 11) is 0. The van der Waals surface area contributed by atoms with Crippen molar-refractivity contribution in [3.8, 4) is 0 Å². The summed E-state index contributed by atoms with van der Waals surface area (Å²) in [5.74, 6) is 0.115. The van der Waals surface area contributed by atoms with E-state index in [1.165, 1.54) is 16.7 Å². The van der Waals surface area contributed by atoms with Gasteiger partial charge in [-0.3, -0.25) is 9.69 Å². The second-order valence-electron chi connectivity index (χ2n) is 8.03. The average molecular weight is 424 g/mol. The number of hydrogen-bond donors (Lipinski definition) is 0. The van der Waals surface area contributed by atoms with E-state index in [4.69, 9.17) is 4.98 Å². The minimum Gasteiger partial charge on any atom is -0.302 e. The lowest BCUT2D eigenvalue weighted by Crippen LogP contribution is -2.39. The van der Waals surface area contributed by atoms with Gasteiger partial charge in [-0.15, -0.1) is 0 Å². The number of carbonyl (C=O) groups is 1. The van der Waals surface area contributed by atoms with Gasteiger partial charge in [-0.05, 0) is 69.1 Å². The number of thiazole rings is 1. The maximum atomic E-state index is 13.5. The molecule has 30 heavy (non-hydrogen) atoms. The predicted octanol–water partition coefficient (Wildman–Crippen LogP) is 5.45. The van der Waals surface area contributed by atoms with Crippen molar-refractivity contribution in [2.24, 2.45) is 0 Å². The van der Waals surface area contributed by atoms with E-state index in [1.807, 2.05) is 4.90 Å². The number of nitrogens with zero attached hydrogens (tertiary/aromatic N) is 3. The zero-order chi connectivity index (χ0) is 21.8. The number of hydrogen-bond acceptors (Lipinski definition) is 4. The molecule has 0 atom stereocenters. The monoisotopic (exact) mass is 423 g/mol. The lowest BCUT2D eigenvalue weighted by atomic mass is 10.0. The van der Waals surface area contributed by atoms with E-state index in [-0.39, 0.29) is 5.91 Å². The first kappa shape index (κ1) is 22.4. The number of rotatable bonds is 8. The molecular formula is C25H33N3OS. The van der Waals surface area contributed by atoms with Crippen molar-refractivity contribution in [3.63, 3.8) is 0 Å². The molecule has 0 fully saturated rings. The standard InChI is InChI=1S/C25H33N3OS/c1-7-27(8-2)13-14-28(23(29)16-21-15-17(3)9-10-19(21)5)25-26-24-20(6)18(4)11-12-22(24)30-25/h9-12,15H,7-8,13-14,16H2,1-6H3. The number of aryl methyl sites for hydroxylation is 4. The van der Waals surface area contributed by atoms with E-state index in [0.29, 0.717) is 13.0 Å². The highest BCUT2D eigenvalue weighted by Gasteiger charge is 2.22. The van der Waals surface area contributed by atoms with Crippen LogP contribution < -0.4 is 4.90 Å². The number of anilines is 1. The summed E-state index contributed by atoms with van der Waals surface area (Å²) in [6.45, 7) is 16.2. The first-order valence-electron chi connectivity index (χ1n) is 10.8. The van der Waals surface area contributed by atoms with Crippen molar-refractivity contribution >= 4 is 32.6 Å². The summed E-state index contributed by atoms with van der Waals surface area (Å²) in [6, 6.07) is 10.6. The smallest absolute Gasteiger partial charge is 0.233 e. The fourth-order valence-corrected chi connectivity index (χ4v) is 4.76. The molecule has 0 spiro atoms. The molecule has 3 aromatic rings. The van der Waals surface area contributed by atoms with E-state index >= 15 is 0 Å². The highest BCUT2D eigenvalue weighted by atomic mass is 32.1. The zero-order valence-corrected chi connectivity index (χ0v) is 19.9. The molecule has 0 saturated heterocycles. The molecule has 0 aliphatic heterocycles. The van der Waals surface area contributed by atoms with Gasteiger partial charge in [0, 0.05) is 13.1 Å². The van der Waals surface area contributed by atoms with Crippen molar-refractivity contribution in [1.82, 2.24) is 9.88 Å². The van der Waals surface area contributed by atoms with Crippen LogP contribution in [0.3, 0.4) is 0 Å². The van der Waals surface area contributed by atoms with E-state index in [9.17, 15) is 4.79 Å². The molecule has 0 aliphatic rings. The van der Waals surface area contributed by atoms with Crippen LogP contribution in [0.2, 0.25) is 0 Å². The SMILES string of the molecule is CCN(CC)CCN(C(=O)Cc1cc(C)ccc1C)c1nc2c(C)c(C)ccc2s1. The number of likely N-dealkylation sites (N-methyl/N-ethyl adjacent to an activating group) is 1. The van der Waals surface area contributed by atoms with Crippen LogP contribution in [0.25, 0.3) is 10.2 Å². The topological polar surface area (TPSA) is 36.4 Å². The Morgan fingerprint density at radius 2 is 1.67 bits per heavy atom. The third-order valence-corrected chi connectivity index (χ3v) is 7.03. The highest BCUT2D eigenvalue weighted by Crippen LogP contribution is 2.32. The van der Waals surface area contributed by atoms with Crippen LogP contribution in [-0.2, 0) is 11.2 Å². The van der Waals surface area contributed by atoms with Gasteiger partial charge < -0.3 is 4.90 Å². The minimum absolute atomic E-state index is 0.115. The van der Waals surface area contributed by atoms with Gasteiger partial charge in [0.1, 0.15) is 0 Å². The van der Waals surface area contributed by atoms with Crippen LogP contribution in [0.15, 0.2) is 30.3 Å². The van der Waals surface area contributed by atoms with Crippen molar-refractivity contribution in [2.45, 2.75) is 48.0 Å². The van der Waals surface area contributed by atoms with Crippen LogP contribution in [0, 0.1) is 27.7 Å². The number of fused-ring (bicyclic) bond motifs is 1. The van der Waals surface area contributed by atoms with Gasteiger partial charge in [-0.2, -0.15) is 0 Å². The van der Waals surface area contributed by atoms with Crippen molar-refractivity contribution in [2.75, 3.05) is 31.1 Å². The molecule has 160 valence electrons.